The first-order valence-electron chi connectivity index (χ1n) is 7.51. The molecule has 0 aliphatic carbocycles. The van der Waals surface area contributed by atoms with Crippen molar-refractivity contribution in [3.8, 4) is 0 Å². The molecular formula is C16H24BrClN2. The summed E-state index contributed by atoms with van der Waals surface area (Å²) in [5, 5.41) is 4.29. The van der Waals surface area contributed by atoms with Crippen LogP contribution < -0.4 is 5.32 Å². The van der Waals surface area contributed by atoms with E-state index in [0.717, 1.165) is 35.0 Å². The molecule has 1 heterocycles. The standard InChI is InChI=1S/C16H24BrClN2/c1-3-20(11-13-6-8-19-9-7-13)12(2)15-5-4-14(17)10-16(15)18/h4-5,10,12-13,19H,3,6-9,11H2,1-2H3. The van der Waals surface area contributed by atoms with Gasteiger partial charge in [0.25, 0.3) is 0 Å². The zero-order valence-corrected chi connectivity index (χ0v) is 14.7. The Morgan fingerprint density at radius 2 is 2.10 bits per heavy atom. The van der Waals surface area contributed by atoms with Gasteiger partial charge in [0, 0.05) is 22.1 Å². The molecule has 0 radical (unpaired) electrons. The number of rotatable bonds is 5. The lowest BCUT2D eigenvalue weighted by Gasteiger charge is -2.34. The summed E-state index contributed by atoms with van der Waals surface area (Å²) in [6.07, 6.45) is 2.58. The molecule has 1 aliphatic rings. The van der Waals surface area contributed by atoms with Crippen LogP contribution in [0.3, 0.4) is 0 Å². The predicted molar refractivity (Wildman–Crippen MR) is 90.4 cm³/mol. The number of halogens is 2. The monoisotopic (exact) mass is 358 g/mol. The number of benzene rings is 1. The molecule has 2 nitrogen and oxygen atoms in total. The van der Waals surface area contributed by atoms with Gasteiger partial charge in [-0.1, -0.05) is 40.5 Å². The summed E-state index contributed by atoms with van der Waals surface area (Å²) in [7, 11) is 0. The van der Waals surface area contributed by atoms with Gasteiger partial charge < -0.3 is 5.32 Å². The van der Waals surface area contributed by atoms with E-state index in [1.165, 1.54) is 24.9 Å². The van der Waals surface area contributed by atoms with Crippen molar-refractivity contribution in [1.82, 2.24) is 10.2 Å². The second kappa shape index (κ2) is 7.79. The van der Waals surface area contributed by atoms with Crippen LogP contribution in [0, 0.1) is 5.92 Å². The molecule has 1 unspecified atom stereocenters. The molecule has 1 fully saturated rings. The van der Waals surface area contributed by atoms with E-state index in [4.69, 9.17) is 11.6 Å². The van der Waals surface area contributed by atoms with Gasteiger partial charge in [0.05, 0.1) is 0 Å². The van der Waals surface area contributed by atoms with Gasteiger partial charge in [-0.15, -0.1) is 0 Å². The highest BCUT2D eigenvalue weighted by atomic mass is 79.9. The lowest BCUT2D eigenvalue weighted by atomic mass is 9.96. The van der Waals surface area contributed by atoms with Gasteiger partial charge in [-0.3, -0.25) is 4.90 Å². The molecule has 1 aliphatic heterocycles. The van der Waals surface area contributed by atoms with Crippen LogP contribution in [0.5, 0.6) is 0 Å². The minimum atomic E-state index is 0.371. The predicted octanol–water partition coefficient (Wildman–Crippen LogP) is 4.49. The molecule has 4 heteroatoms. The summed E-state index contributed by atoms with van der Waals surface area (Å²) in [5.41, 5.74) is 1.23. The van der Waals surface area contributed by atoms with E-state index in [0.29, 0.717) is 6.04 Å². The van der Waals surface area contributed by atoms with Gasteiger partial charge in [0.2, 0.25) is 0 Å². The van der Waals surface area contributed by atoms with E-state index in [2.05, 4.69) is 52.1 Å². The van der Waals surface area contributed by atoms with Crippen LogP contribution in [-0.4, -0.2) is 31.1 Å². The van der Waals surface area contributed by atoms with E-state index < -0.39 is 0 Å². The normalized spacial score (nSPS) is 18.4. The van der Waals surface area contributed by atoms with Gasteiger partial charge >= 0.3 is 0 Å². The smallest absolute Gasteiger partial charge is 0.0464 e. The Kier molecular flexibility index (Phi) is 6.34. The molecule has 0 saturated carbocycles. The van der Waals surface area contributed by atoms with Gasteiger partial charge in [0.1, 0.15) is 0 Å². The zero-order valence-electron chi connectivity index (χ0n) is 12.3. The lowest BCUT2D eigenvalue weighted by Crippen LogP contribution is -2.37. The van der Waals surface area contributed by atoms with Crippen LogP contribution in [0.25, 0.3) is 0 Å². The molecule has 0 bridgehead atoms. The summed E-state index contributed by atoms with van der Waals surface area (Å²) in [5.74, 6) is 0.813. The van der Waals surface area contributed by atoms with Crippen molar-refractivity contribution in [2.75, 3.05) is 26.2 Å². The minimum absolute atomic E-state index is 0.371. The van der Waals surface area contributed by atoms with Crippen LogP contribution in [0.15, 0.2) is 22.7 Å². The molecule has 20 heavy (non-hydrogen) atoms. The molecule has 112 valence electrons. The number of hydrogen-bond donors (Lipinski definition) is 1. The second-order valence-corrected chi connectivity index (χ2v) is 6.95. The molecule has 1 saturated heterocycles. The Morgan fingerprint density at radius 1 is 1.40 bits per heavy atom. The maximum absolute atomic E-state index is 6.40. The van der Waals surface area contributed by atoms with E-state index in [1.54, 1.807) is 0 Å². The van der Waals surface area contributed by atoms with Crippen molar-refractivity contribution >= 4 is 27.5 Å². The Labute approximate surface area is 136 Å². The van der Waals surface area contributed by atoms with E-state index in [9.17, 15) is 0 Å². The van der Waals surface area contributed by atoms with Crippen LogP contribution in [0.4, 0.5) is 0 Å². The average molecular weight is 360 g/mol. The Morgan fingerprint density at radius 3 is 2.70 bits per heavy atom. The van der Waals surface area contributed by atoms with Crippen LogP contribution in [0.2, 0.25) is 5.02 Å². The third-order valence-electron chi connectivity index (χ3n) is 4.32. The molecule has 1 aromatic carbocycles. The molecule has 1 N–H and O–H groups in total. The van der Waals surface area contributed by atoms with Crippen LogP contribution >= 0.6 is 27.5 Å². The van der Waals surface area contributed by atoms with Crippen molar-refractivity contribution < 1.29 is 0 Å². The zero-order chi connectivity index (χ0) is 14.5. The third-order valence-corrected chi connectivity index (χ3v) is 5.14. The maximum Gasteiger partial charge on any atom is 0.0464 e. The third kappa shape index (κ3) is 4.20. The van der Waals surface area contributed by atoms with Gasteiger partial charge in [-0.25, -0.2) is 0 Å². The fraction of sp³-hybridized carbons (Fsp3) is 0.625. The highest BCUT2D eigenvalue weighted by Crippen LogP contribution is 2.30. The maximum atomic E-state index is 6.40. The summed E-state index contributed by atoms with van der Waals surface area (Å²) in [4.78, 5) is 2.55. The topological polar surface area (TPSA) is 15.3 Å². The fourth-order valence-electron chi connectivity index (χ4n) is 2.99. The first kappa shape index (κ1) is 16.3. The molecular weight excluding hydrogens is 336 g/mol. The quantitative estimate of drug-likeness (QED) is 0.833. The highest BCUT2D eigenvalue weighted by Gasteiger charge is 2.21. The average Bonchev–Trinajstić information content (AvgIpc) is 2.45. The van der Waals surface area contributed by atoms with Gasteiger partial charge in [-0.05, 0) is 63.0 Å². The minimum Gasteiger partial charge on any atom is -0.317 e. The van der Waals surface area contributed by atoms with Crippen molar-refractivity contribution in [3.05, 3.63) is 33.3 Å². The Bertz CT molecular complexity index is 432. The molecule has 2 rings (SSSR count). The van der Waals surface area contributed by atoms with Crippen LogP contribution in [0.1, 0.15) is 38.3 Å². The van der Waals surface area contributed by atoms with Crippen molar-refractivity contribution in [3.63, 3.8) is 0 Å². The highest BCUT2D eigenvalue weighted by molar-refractivity contribution is 9.10. The first-order chi connectivity index (χ1) is 9.61. The van der Waals surface area contributed by atoms with Crippen molar-refractivity contribution in [2.24, 2.45) is 5.92 Å². The summed E-state index contributed by atoms with van der Waals surface area (Å²) < 4.78 is 1.04. The molecule has 1 atom stereocenters. The SMILES string of the molecule is CCN(CC1CCNCC1)C(C)c1ccc(Br)cc1Cl. The van der Waals surface area contributed by atoms with Gasteiger partial charge in [-0.2, -0.15) is 0 Å². The summed E-state index contributed by atoms with van der Waals surface area (Å²) >= 11 is 9.88. The van der Waals surface area contributed by atoms with Gasteiger partial charge in [0.15, 0.2) is 0 Å². The number of piperidine rings is 1. The van der Waals surface area contributed by atoms with E-state index in [-0.39, 0.29) is 0 Å². The van der Waals surface area contributed by atoms with Crippen molar-refractivity contribution in [1.29, 1.82) is 0 Å². The number of nitrogens with zero attached hydrogens (tertiary/aromatic N) is 1. The van der Waals surface area contributed by atoms with E-state index >= 15 is 0 Å². The Balaban J connectivity index is 2.05. The largest absolute Gasteiger partial charge is 0.317 e. The molecule has 1 aromatic rings. The second-order valence-electron chi connectivity index (χ2n) is 5.62. The molecule has 0 amide bonds. The van der Waals surface area contributed by atoms with Crippen LogP contribution in [-0.2, 0) is 0 Å². The summed E-state index contributed by atoms with van der Waals surface area (Å²) in [6, 6.07) is 6.58. The van der Waals surface area contributed by atoms with E-state index in [1.807, 2.05) is 6.07 Å². The first-order valence-corrected chi connectivity index (χ1v) is 8.68. The number of hydrogen-bond acceptors (Lipinski definition) is 2. The molecule has 0 aromatic heterocycles. The summed E-state index contributed by atoms with van der Waals surface area (Å²) in [6.45, 7) is 9.07. The number of nitrogens with one attached hydrogen (secondary N) is 1. The fourth-order valence-corrected chi connectivity index (χ4v) is 3.83. The van der Waals surface area contributed by atoms with Crippen molar-refractivity contribution in [2.45, 2.75) is 32.7 Å². The lowest BCUT2D eigenvalue weighted by molar-refractivity contribution is 0.169. The Hall–Kier alpha value is -0.0900. The molecule has 0 spiro atoms.